The highest BCUT2D eigenvalue weighted by Crippen LogP contribution is 2.36. The van der Waals surface area contributed by atoms with Crippen LogP contribution in [0.2, 0.25) is 0 Å². The summed E-state index contributed by atoms with van der Waals surface area (Å²) in [4.78, 5) is 11.1. The van der Waals surface area contributed by atoms with E-state index in [2.05, 4.69) is 10.6 Å². The summed E-state index contributed by atoms with van der Waals surface area (Å²) < 4.78 is 5.61. The van der Waals surface area contributed by atoms with Crippen molar-refractivity contribution in [2.24, 2.45) is 0 Å². The van der Waals surface area contributed by atoms with E-state index in [9.17, 15) is 4.79 Å². The minimum absolute atomic E-state index is 0.0463. The molecule has 1 fully saturated rings. The molecule has 2 aliphatic rings. The number of ether oxygens (including phenoxy) is 1. The lowest BCUT2D eigenvalue weighted by molar-refractivity contribution is -0.122. The summed E-state index contributed by atoms with van der Waals surface area (Å²) in [5.74, 6) is 0.964. The maximum Gasteiger partial charge on any atom is 0.234 e. The van der Waals surface area contributed by atoms with Crippen molar-refractivity contribution in [3.05, 3.63) is 29.8 Å². The Balaban J connectivity index is 1.98. The van der Waals surface area contributed by atoms with Crippen LogP contribution in [0.25, 0.3) is 0 Å². The number of nitrogens with one attached hydrogen (secondary N) is 2. The second-order valence-electron chi connectivity index (χ2n) is 4.00. The lowest BCUT2D eigenvalue weighted by Gasteiger charge is -2.33. The number of hydrogen-bond acceptors (Lipinski definition) is 3. The maximum absolute atomic E-state index is 11.1. The van der Waals surface area contributed by atoms with Gasteiger partial charge in [0, 0.05) is 12.1 Å². The quantitative estimate of drug-likeness (QED) is 0.625. The molecule has 0 aromatic heterocycles. The van der Waals surface area contributed by atoms with Gasteiger partial charge in [-0.25, -0.2) is 0 Å². The number of carbonyl (C=O) groups excluding carboxylic acids is 1. The van der Waals surface area contributed by atoms with Crippen molar-refractivity contribution in [2.75, 3.05) is 19.7 Å². The van der Waals surface area contributed by atoms with Gasteiger partial charge in [-0.2, -0.15) is 0 Å². The average molecular weight is 204 g/mol. The lowest BCUT2D eigenvalue weighted by atomic mass is 9.90. The second-order valence-corrected chi connectivity index (χ2v) is 4.00. The third-order valence-corrected chi connectivity index (χ3v) is 3.05. The monoisotopic (exact) mass is 204 g/mol. The molecule has 2 heterocycles. The van der Waals surface area contributed by atoms with Crippen molar-refractivity contribution >= 4 is 5.91 Å². The Morgan fingerprint density at radius 1 is 1.33 bits per heavy atom. The van der Waals surface area contributed by atoms with Crippen molar-refractivity contribution in [2.45, 2.75) is 5.54 Å². The molecule has 1 saturated heterocycles. The third kappa shape index (κ3) is 1.22. The highest BCUT2D eigenvalue weighted by molar-refractivity contribution is 5.79. The minimum atomic E-state index is -0.218. The third-order valence-electron chi connectivity index (χ3n) is 3.05. The van der Waals surface area contributed by atoms with E-state index in [1.54, 1.807) is 0 Å². The molecule has 1 aromatic rings. The summed E-state index contributed by atoms with van der Waals surface area (Å²) in [6.45, 7) is 1.55. The Bertz CT molecular complexity index is 407. The van der Waals surface area contributed by atoms with Gasteiger partial charge in [0.15, 0.2) is 0 Å². The Labute approximate surface area is 87.6 Å². The fourth-order valence-electron chi connectivity index (χ4n) is 2.18. The van der Waals surface area contributed by atoms with Crippen LogP contribution in [0.15, 0.2) is 24.3 Å². The molecule has 1 unspecified atom stereocenters. The topological polar surface area (TPSA) is 50.4 Å². The SMILES string of the molecule is O=C1CNC2(CN1)COc1ccccc12. The molecule has 0 saturated carbocycles. The number of piperazine rings is 1. The van der Waals surface area contributed by atoms with E-state index in [1.165, 1.54) is 0 Å². The summed E-state index contributed by atoms with van der Waals surface area (Å²) >= 11 is 0. The molecule has 1 amide bonds. The van der Waals surface area contributed by atoms with Crippen LogP contribution in [0.5, 0.6) is 5.75 Å². The summed E-state index contributed by atoms with van der Waals surface area (Å²) in [6, 6.07) is 7.96. The fourth-order valence-corrected chi connectivity index (χ4v) is 2.18. The van der Waals surface area contributed by atoms with Crippen LogP contribution in [0.4, 0.5) is 0 Å². The van der Waals surface area contributed by atoms with Crippen molar-refractivity contribution in [1.82, 2.24) is 10.6 Å². The van der Waals surface area contributed by atoms with Gasteiger partial charge in [0.1, 0.15) is 12.4 Å². The Kier molecular flexibility index (Phi) is 1.73. The first-order chi connectivity index (χ1) is 7.30. The lowest BCUT2D eigenvalue weighted by Crippen LogP contribution is -2.60. The standard InChI is InChI=1S/C11H12N2O2/c14-10-5-13-11(6-12-10)7-15-9-4-2-1-3-8(9)11/h1-4,13H,5-7H2,(H,12,14). The van der Waals surface area contributed by atoms with Gasteiger partial charge >= 0.3 is 0 Å². The van der Waals surface area contributed by atoms with E-state index in [0.717, 1.165) is 11.3 Å². The van der Waals surface area contributed by atoms with Crippen molar-refractivity contribution in [3.63, 3.8) is 0 Å². The molecule has 78 valence electrons. The zero-order chi connectivity index (χ0) is 10.3. The molecular weight excluding hydrogens is 192 g/mol. The highest BCUT2D eigenvalue weighted by atomic mass is 16.5. The molecule has 2 aliphatic heterocycles. The average Bonchev–Trinajstić information content (AvgIpc) is 2.63. The Morgan fingerprint density at radius 2 is 2.20 bits per heavy atom. The number of benzene rings is 1. The molecule has 0 radical (unpaired) electrons. The van der Waals surface area contributed by atoms with E-state index in [0.29, 0.717) is 19.7 Å². The molecule has 1 aromatic carbocycles. The smallest absolute Gasteiger partial charge is 0.234 e. The molecule has 0 aliphatic carbocycles. The fraction of sp³-hybridized carbons (Fsp3) is 0.364. The van der Waals surface area contributed by atoms with Gasteiger partial charge in [-0.15, -0.1) is 0 Å². The zero-order valence-electron chi connectivity index (χ0n) is 8.25. The van der Waals surface area contributed by atoms with Crippen LogP contribution in [-0.4, -0.2) is 25.6 Å². The highest BCUT2D eigenvalue weighted by Gasteiger charge is 2.42. The molecule has 2 N–H and O–H groups in total. The van der Waals surface area contributed by atoms with Gasteiger partial charge in [-0.05, 0) is 6.07 Å². The van der Waals surface area contributed by atoms with Crippen LogP contribution < -0.4 is 15.4 Å². The number of rotatable bonds is 0. The Hall–Kier alpha value is -1.55. The van der Waals surface area contributed by atoms with Crippen molar-refractivity contribution in [1.29, 1.82) is 0 Å². The molecule has 1 atom stereocenters. The molecule has 0 bridgehead atoms. The first-order valence-electron chi connectivity index (χ1n) is 5.04. The number of carbonyl (C=O) groups is 1. The van der Waals surface area contributed by atoms with Gasteiger partial charge in [0.25, 0.3) is 0 Å². The number of hydrogen-bond donors (Lipinski definition) is 2. The molecule has 1 spiro atoms. The predicted molar refractivity (Wildman–Crippen MR) is 54.6 cm³/mol. The van der Waals surface area contributed by atoms with Crippen LogP contribution in [0.1, 0.15) is 5.56 Å². The van der Waals surface area contributed by atoms with E-state index < -0.39 is 0 Å². The largest absolute Gasteiger partial charge is 0.491 e. The van der Waals surface area contributed by atoms with Crippen LogP contribution in [0.3, 0.4) is 0 Å². The van der Waals surface area contributed by atoms with Gasteiger partial charge in [-0.1, -0.05) is 18.2 Å². The normalized spacial score (nSPS) is 28.4. The second kappa shape index (κ2) is 2.97. The van der Waals surface area contributed by atoms with Crippen LogP contribution in [0, 0.1) is 0 Å². The predicted octanol–water partition coefficient (Wildman–Crippen LogP) is -0.00630. The van der Waals surface area contributed by atoms with Crippen molar-refractivity contribution < 1.29 is 9.53 Å². The summed E-state index contributed by atoms with van der Waals surface area (Å²) in [7, 11) is 0. The number of fused-ring (bicyclic) bond motifs is 2. The summed E-state index contributed by atoms with van der Waals surface area (Å²) in [5, 5.41) is 6.14. The zero-order valence-corrected chi connectivity index (χ0v) is 8.25. The van der Waals surface area contributed by atoms with Gasteiger partial charge < -0.3 is 10.1 Å². The Morgan fingerprint density at radius 3 is 3.00 bits per heavy atom. The van der Waals surface area contributed by atoms with E-state index >= 15 is 0 Å². The summed E-state index contributed by atoms with van der Waals surface area (Å²) in [5.41, 5.74) is 0.926. The minimum Gasteiger partial charge on any atom is -0.491 e. The van der Waals surface area contributed by atoms with E-state index in [1.807, 2.05) is 24.3 Å². The molecule has 4 heteroatoms. The molecular formula is C11H12N2O2. The molecule has 15 heavy (non-hydrogen) atoms. The first kappa shape index (κ1) is 8.73. The van der Waals surface area contributed by atoms with E-state index in [-0.39, 0.29) is 11.4 Å². The van der Waals surface area contributed by atoms with Crippen LogP contribution >= 0.6 is 0 Å². The van der Waals surface area contributed by atoms with Gasteiger partial charge in [0.05, 0.1) is 12.1 Å². The first-order valence-corrected chi connectivity index (χ1v) is 5.04. The number of amides is 1. The van der Waals surface area contributed by atoms with E-state index in [4.69, 9.17) is 4.74 Å². The number of para-hydroxylation sites is 1. The maximum atomic E-state index is 11.1. The van der Waals surface area contributed by atoms with Gasteiger partial charge in [-0.3, -0.25) is 10.1 Å². The van der Waals surface area contributed by atoms with Crippen LogP contribution in [-0.2, 0) is 10.3 Å². The van der Waals surface area contributed by atoms with Crippen molar-refractivity contribution in [3.8, 4) is 5.75 Å². The van der Waals surface area contributed by atoms with Gasteiger partial charge in [0.2, 0.25) is 5.91 Å². The molecule has 3 rings (SSSR count). The molecule has 4 nitrogen and oxygen atoms in total. The summed E-state index contributed by atoms with van der Waals surface area (Å²) in [6.07, 6.45) is 0.